The maximum atomic E-state index is 6.20. The fraction of sp³-hybridized carbons (Fsp3) is 0.0588. The van der Waals surface area contributed by atoms with Gasteiger partial charge in [0.2, 0.25) is 0 Å². The fourth-order valence-electron chi connectivity index (χ4n) is 2.01. The van der Waals surface area contributed by atoms with Crippen LogP contribution in [0, 0.1) is 6.92 Å². The van der Waals surface area contributed by atoms with Gasteiger partial charge in [-0.05, 0) is 36.8 Å². The number of aryl methyl sites for hydroxylation is 1. The Kier molecular flexibility index (Phi) is 5.14. The predicted molar refractivity (Wildman–Crippen MR) is 93.8 cm³/mol. The molecular formula is C17H14Cl2N2O. The second-order valence-electron chi connectivity index (χ2n) is 4.75. The summed E-state index contributed by atoms with van der Waals surface area (Å²) in [5, 5.41) is 2.17. The molecular weight excluding hydrogens is 319 g/mol. The third kappa shape index (κ3) is 3.45. The van der Waals surface area contributed by atoms with Gasteiger partial charge in [0.1, 0.15) is 5.15 Å². The lowest BCUT2D eigenvalue weighted by Crippen LogP contribution is -1.88. The van der Waals surface area contributed by atoms with Crippen LogP contribution in [-0.4, -0.2) is 16.7 Å². The zero-order valence-corrected chi connectivity index (χ0v) is 13.4. The van der Waals surface area contributed by atoms with Crippen LogP contribution in [0.3, 0.4) is 0 Å². The van der Waals surface area contributed by atoms with E-state index < -0.39 is 0 Å². The van der Waals surface area contributed by atoms with Crippen LogP contribution in [0.4, 0.5) is 5.69 Å². The highest BCUT2D eigenvalue weighted by Gasteiger charge is 2.03. The Balaban J connectivity index is 0.00000176. The normalized spacial score (nSPS) is 10.9. The van der Waals surface area contributed by atoms with Crippen molar-refractivity contribution in [3.8, 4) is 0 Å². The lowest BCUT2D eigenvalue weighted by atomic mass is 10.2. The van der Waals surface area contributed by atoms with Crippen LogP contribution in [0.2, 0.25) is 10.2 Å². The molecule has 22 heavy (non-hydrogen) atoms. The van der Waals surface area contributed by atoms with E-state index in [2.05, 4.69) is 9.98 Å². The van der Waals surface area contributed by atoms with Gasteiger partial charge in [-0.25, -0.2) is 4.98 Å². The van der Waals surface area contributed by atoms with Gasteiger partial charge in [-0.15, -0.1) is 0 Å². The summed E-state index contributed by atoms with van der Waals surface area (Å²) in [7, 11) is 0. The molecule has 0 bridgehead atoms. The van der Waals surface area contributed by atoms with Crippen molar-refractivity contribution in [3.05, 3.63) is 69.8 Å². The molecule has 0 amide bonds. The Bertz CT molecular complexity index is 847. The van der Waals surface area contributed by atoms with Crippen molar-refractivity contribution in [3.63, 3.8) is 0 Å². The first kappa shape index (κ1) is 16.4. The Morgan fingerprint density at radius 3 is 2.59 bits per heavy atom. The average Bonchev–Trinajstić information content (AvgIpc) is 2.48. The lowest BCUT2D eigenvalue weighted by Gasteiger charge is -2.02. The highest BCUT2D eigenvalue weighted by molar-refractivity contribution is 6.32. The summed E-state index contributed by atoms with van der Waals surface area (Å²) in [4.78, 5) is 8.78. The molecule has 0 unspecified atom stereocenters. The second kappa shape index (κ2) is 6.88. The molecule has 0 saturated heterocycles. The molecule has 0 fully saturated rings. The summed E-state index contributed by atoms with van der Waals surface area (Å²) in [6, 6.07) is 15.5. The van der Waals surface area contributed by atoms with Crippen LogP contribution in [0.1, 0.15) is 11.1 Å². The van der Waals surface area contributed by atoms with Crippen molar-refractivity contribution >= 4 is 46.0 Å². The van der Waals surface area contributed by atoms with Gasteiger partial charge in [-0.2, -0.15) is 0 Å². The van der Waals surface area contributed by atoms with Gasteiger partial charge in [0.25, 0.3) is 0 Å². The molecule has 0 aliphatic heterocycles. The smallest absolute Gasteiger partial charge is 0.138 e. The van der Waals surface area contributed by atoms with E-state index in [-0.39, 0.29) is 5.48 Å². The monoisotopic (exact) mass is 332 g/mol. The van der Waals surface area contributed by atoms with E-state index in [1.54, 1.807) is 6.21 Å². The first-order chi connectivity index (χ1) is 10.1. The maximum Gasteiger partial charge on any atom is 0.138 e. The molecule has 1 aromatic heterocycles. The zero-order chi connectivity index (χ0) is 14.8. The second-order valence-corrected chi connectivity index (χ2v) is 5.52. The van der Waals surface area contributed by atoms with Crippen molar-refractivity contribution in [2.75, 3.05) is 0 Å². The van der Waals surface area contributed by atoms with E-state index in [9.17, 15) is 0 Å². The van der Waals surface area contributed by atoms with Crippen LogP contribution in [-0.2, 0) is 0 Å². The lowest BCUT2D eigenvalue weighted by molar-refractivity contribution is 0.824. The number of pyridine rings is 1. The number of hydrogen-bond acceptors (Lipinski definition) is 2. The van der Waals surface area contributed by atoms with Crippen LogP contribution in [0.15, 0.2) is 53.5 Å². The number of halogens is 2. The predicted octanol–water partition coefficient (Wildman–Crippen LogP) is 4.78. The summed E-state index contributed by atoms with van der Waals surface area (Å²) in [6.45, 7) is 1.96. The minimum Gasteiger partial charge on any atom is -0.412 e. The highest BCUT2D eigenvalue weighted by Crippen LogP contribution is 2.23. The number of hydrogen-bond donors (Lipinski definition) is 0. The zero-order valence-electron chi connectivity index (χ0n) is 11.8. The number of aromatic nitrogens is 1. The number of rotatable bonds is 2. The van der Waals surface area contributed by atoms with Gasteiger partial charge < -0.3 is 5.48 Å². The molecule has 5 heteroatoms. The number of aliphatic imine (C=N–C) groups is 1. The third-order valence-electron chi connectivity index (χ3n) is 3.21. The van der Waals surface area contributed by atoms with Gasteiger partial charge in [0, 0.05) is 22.2 Å². The van der Waals surface area contributed by atoms with Crippen molar-refractivity contribution in [2.24, 2.45) is 4.99 Å². The molecule has 2 N–H and O–H groups in total. The first-order valence-corrected chi connectivity index (χ1v) is 7.24. The Morgan fingerprint density at radius 2 is 1.82 bits per heavy atom. The van der Waals surface area contributed by atoms with Crippen LogP contribution >= 0.6 is 23.2 Å². The van der Waals surface area contributed by atoms with Crippen LogP contribution in [0.25, 0.3) is 10.9 Å². The molecule has 3 aromatic rings. The topological polar surface area (TPSA) is 56.8 Å². The SMILES string of the molecule is Cc1ccc(N=Cc2cc3ccccc3nc2Cl)cc1Cl.O. The van der Waals surface area contributed by atoms with Crippen LogP contribution in [0.5, 0.6) is 0 Å². The molecule has 0 aliphatic rings. The summed E-state index contributed by atoms with van der Waals surface area (Å²) in [6.07, 6.45) is 1.71. The average molecular weight is 333 g/mol. The molecule has 0 radical (unpaired) electrons. The summed E-state index contributed by atoms with van der Waals surface area (Å²) in [5.74, 6) is 0. The molecule has 0 spiro atoms. The fourth-order valence-corrected chi connectivity index (χ4v) is 2.37. The molecule has 1 heterocycles. The number of fused-ring (bicyclic) bond motifs is 1. The van der Waals surface area contributed by atoms with E-state index >= 15 is 0 Å². The molecule has 2 aromatic carbocycles. The Morgan fingerprint density at radius 1 is 1.05 bits per heavy atom. The van der Waals surface area contributed by atoms with Gasteiger partial charge in [0.15, 0.2) is 0 Å². The number of para-hydroxylation sites is 1. The van der Waals surface area contributed by atoms with Gasteiger partial charge in [-0.3, -0.25) is 4.99 Å². The quantitative estimate of drug-likeness (QED) is 0.492. The standard InChI is InChI=1S/C17H12Cl2N2.H2O/c1-11-6-7-14(9-15(11)18)20-10-13-8-12-4-2-3-5-16(12)21-17(13)19;/h2-10H,1H3;1H2. The largest absolute Gasteiger partial charge is 0.412 e. The van der Waals surface area contributed by atoms with Crippen LogP contribution < -0.4 is 0 Å². The number of benzene rings is 2. The summed E-state index contributed by atoms with van der Waals surface area (Å²) >= 11 is 12.3. The van der Waals surface area contributed by atoms with Gasteiger partial charge >= 0.3 is 0 Å². The maximum absolute atomic E-state index is 6.20. The minimum absolute atomic E-state index is 0. The molecule has 3 nitrogen and oxygen atoms in total. The van der Waals surface area contributed by atoms with Crippen molar-refractivity contribution in [1.82, 2.24) is 4.98 Å². The Hall–Kier alpha value is -1.94. The highest BCUT2D eigenvalue weighted by atomic mass is 35.5. The molecule has 0 aliphatic carbocycles. The summed E-state index contributed by atoms with van der Waals surface area (Å²) < 4.78 is 0. The van der Waals surface area contributed by atoms with Crippen molar-refractivity contribution in [1.29, 1.82) is 0 Å². The third-order valence-corrected chi connectivity index (χ3v) is 3.92. The van der Waals surface area contributed by atoms with Gasteiger partial charge in [-0.1, -0.05) is 47.5 Å². The molecule has 112 valence electrons. The van der Waals surface area contributed by atoms with E-state index in [1.807, 2.05) is 55.5 Å². The first-order valence-electron chi connectivity index (χ1n) is 6.49. The summed E-state index contributed by atoms with van der Waals surface area (Å²) in [5.41, 5.74) is 3.47. The minimum atomic E-state index is 0. The van der Waals surface area contributed by atoms with Gasteiger partial charge in [0.05, 0.1) is 11.2 Å². The molecule has 3 rings (SSSR count). The van der Waals surface area contributed by atoms with E-state index in [4.69, 9.17) is 23.2 Å². The van der Waals surface area contributed by atoms with Crippen molar-refractivity contribution in [2.45, 2.75) is 6.92 Å². The number of nitrogens with zero attached hydrogens (tertiary/aromatic N) is 2. The van der Waals surface area contributed by atoms with Crippen molar-refractivity contribution < 1.29 is 5.48 Å². The molecule has 0 atom stereocenters. The van der Waals surface area contributed by atoms with E-state index in [1.165, 1.54) is 0 Å². The van der Waals surface area contributed by atoms with E-state index in [0.29, 0.717) is 10.2 Å². The Labute approximate surface area is 138 Å². The molecule has 0 saturated carbocycles. The van der Waals surface area contributed by atoms with E-state index in [0.717, 1.165) is 27.7 Å².